The topological polar surface area (TPSA) is 36.4 Å². The van der Waals surface area contributed by atoms with Gasteiger partial charge in [0.15, 0.2) is 5.13 Å². The van der Waals surface area contributed by atoms with Gasteiger partial charge in [-0.3, -0.25) is 0 Å². The number of nitrogens with zero attached hydrogens (tertiary/aromatic N) is 2. The van der Waals surface area contributed by atoms with E-state index >= 15 is 0 Å². The number of anilines is 1. The average Bonchev–Trinajstić information content (AvgIpc) is 2.44. The molecular formula is C12H22N2OS. The van der Waals surface area contributed by atoms with Crippen molar-refractivity contribution in [3.8, 4) is 0 Å². The Labute approximate surface area is 102 Å². The summed E-state index contributed by atoms with van der Waals surface area (Å²) in [5.41, 5.74) is 1.19. The Balaban J connectivity index is 2.85. The van der Waals surface area contributed by atoms with Crippen LogP contribution in [-0.4, -0.2) is 23.7 Å². The first-order chi connectivity index (χ1) is 7.20. The van der Waals surface area contributed by atoms with Crippen molar-refractivity contribution in [3.63, 3.8) is 0 Å². The van der Waals surface area contributed by atoms with Gasteiger partial charge in [0.25, 0.3) is 0 Å². The third kappa shape index (κ3) is 3.46. The van der Waals surface area contributed by atoms with Crippen LogP contribution in [0.2, 0.25) is 0 Å². The van der Waals surface area contributed by atoms with Crippen LogP contribution < -0.4 is 4.90 Å². The zero-order chi connectivity index (χ0) is 12.5. The van der Waals surface area contributed by atoms with E-state index in [-0.39, 0.29) is 5.41 Å². The van der Waals surface area contributed by atoms with Crippen molar-refractivity contribution < 1.29 is 5.11 Å². The summed E-state index contributed by atoms with van der Waals surface area (Å²) in [6.07, 6.45) is -0.422. The Morgan fingerprint density at radius 1 is 1.44 bits per heavy atom. The van der Waals surface area contributed by atoms with Gasteiger partial charge in [0.2, 0.25) is 0 Å². The maximum absolute atomic E-state index is 9.58. The molecule has 1 aromatic heterocycles. The van der Waals surface area contributed by atoms with Crippen molar-refractivity contribution in [3.05, 3.63) is 10.6 Å². The number of aliphatic hydroxyl groups is 1. The van der Waals surface area contributed by atoms with E-state index in [0.717, 1.165) is 22.2 Å². The Bertz CT molecular complexity index is 352. The highest BCUT2D eigenvalue weighted by Crippen LogP contribution is 2.31. The van der Waals surface area contributed by atoms with Crippen LogP contribution in [0, 0.1) is 12.3 Å². The number of thiazole rings is 1. The lowest BCUT2D eigenvalue weighted by Gasteiger charge is -2.26. The zero-order valence-electron chi connectivity index (χ0n) is 11.0. The summed E-state index contributed by atoms with van der Waals surface area (Å²) in [6, 6.07) is 0. The monoisotopic (exact) mass is 242 g/mol. The Morgan fingerprint density at radius 2 is 2.00 bits per heavy atom. The van der Waals surface area contributed by atoms with E-state index in [0.29, 0.717) is 0 Å². The van der Waals surface area contributed by atoms with E-state index in [2.05, 4.69) is 37.7 Å². The van der Waals surface area contributed by atoms with Crippen molar-refractivity contribution in [2.45, 2.75) is 40.7 Å². The number of rotatable bonds is 3. The predicted molar refractivity (Wildman–Crippen MR) is 70.2 cm³/mol. The van der Waals surface area contributed by atoms with Gasteiger partial charge in [0.1, 0.15) is 0 Å². The van der Waals surface area contributed by atoms with Gasteiger partial charge in [-0.1, -0.05) is 32.1 Å². The first-order valence-corrected chi connectivity index (χ1v) is 6.39. The van der Waals surface area contributed by atoms with Crippen molar-refractivity contribution in [1.82, 2.24) is 4.98 Å². The summed E-state index contributed by atoms with van der Waals surface area (Å²) in [6.45, 7) is 11.3. The molecule has 0 saturated carbocycles. The molecule has 1 N–H and O–H groups in total. The summed E-state index contributed by atoms with van der Waals surface area (Å²) in [5.74, 6) is 0. The van der Waals surface area contributed by atoms with Gasteiger partial charge in [0.05, 0.1) is 16.7 Å². The van der Waals surface area contributed by atoms with E-state index < -0.39 is 6.10 Å². The van der Waals surface area contributed by atoms with Gasteiger partial charge in [-0.15, -0.1) is 0 Å². The van der Waals surface area contributed by atoms with E-state index in [4.69, 9.17) is 0 Å². The van der Waals surface area contributed by atoms with E-state index in [1.165, 1.54) is 0 Å². The average molecular weight is 242 g/mol. The Morgan fingerprint density at radius 3 is 2.38 bits per heavy atom. The van der Waals surface area contributed by atoms with Crippen LogP contribution in [0.25, 0.3) is 0 Å². The number of hydrogen-bond donors (Lipinski definition) is 1. The van der Waals surface area contributed by atoms with Crippen molar-refractivity contribution in [2.24, 2.45) is 5.41 Å². The van der Waals surface area contributed by atoms with Crippen molar-refractivity contribution in [1.29, 1.82) is 0 Å². The van der Waals surface area contributed by atoms with Crippen molar-refractivity contribution >= 4 is 16.5 Å². The number of hydrogen-bond acceptors (Lipinski definition) is 4. The quantitative estimate of drug-likeness (QED) is 0.885. The lowest BCUT2D eigenvalue weighted by atomic mass is 9.96. The van der Waals surface area contributed by atoms with Gasteiger partial charge in [0, 0.05) is 13.6 Å². The van der Waals surface area contributed by atoms with Gasteiger partial charge in [-0.25, -0.2) is 4.98 Å². The smallest absolute Gasteiger partial charge is 0.185 e. The fourth-order valence-electron chi connectivity index (χ4n) is 1.72. The van der Waals surface area contributed by atoms with Crippen LogP contribution in [0.5, 0.6) is 0 Å². The molecule has 0 aromatic carbocycles. The molecule has 3 nitrogen and oxygen atoms in total. The highest BCUT2D eigenvalue weighted by molar-refractivity contribution is 7.15. The number of aliphatic hydroxyl groups excluding tert-OH is 1. The first kappa shape index (κ1) is 13.5. The molecule has 0 radical (unpaired) electrons. The van der Waals surface area contributed by atoms with Crippen molar-refractivity contribution in [2.75, 3.05) is 18.5 Å². The fraction of sp³-hybridized carbons (Fsp3) is 0.750. The molecule has 0 aliphatic rings. The third-order valence-electron chi connectivity index (χ3n) is 2.24. The molecule has 4 heteroatoms. The van der Waals surface area contributed by atoms with E-state index in [1.54, 1.807) is 18.3 Å². The highest BCUT2D eigenvalue weighted by Gasteiger charge is 2.18. The van der Waals surface area contributed by atoms with Crippen LogP contribution in [0.15, 0.2) is 0 Å². The Hall–Kier alpha value is -0.610. The van der Waals surface area contributed by atoms with E-state index in [9.17, 15) is 5.11 Å². The van der Waals surface area contributed by atoms with E-state index in [1.807, 2.05) is 6.92 Å². The normalized spacial score (nSPS) is 13.9. The van der Waals surface area contributed by atoms with Crippen LogP contribution in [0.1, 0.15) is 44.4 Å². The lowest BCUT2D eigenvalue weighted by molar-refractivity contribution is 0.202. The maximum atomic E-state index is 9.58. The fourth-order valence-corrected chi connectivity index (χ4v) is 2.69. The lowest BCUT2D eigenvalue weighted by Crippen LogP contribution is -2.28. The second-order valence-electron chi connectivity index (χ2n) is 5.54. The molecule has 0 amide bonds. The molecule has 0 saturated heterocycles. The molecule has 16 heavy (non-hydrogen) atoms. The highest BCUT2D eigenvalue weighted by atomic mass is 32.1. The molecule has 1 heterocycles. The SMILES string of the molecule is Cc1nc(N(C)CC(C)(C)C)sc1C(C)O. The summed E-state index contributed by atoms with van der Waals surface area (Å²) >= 11 is 1.58. The van der Waals surface area contributed by atoms with Gasteiger partial charge in [-0.2, -0.15) is 0 Å². The molecular weight excluding hydrogens is 220 g/mol. The first-order valence-electron chi connectivity index (χ1n) is 5.57. The molecule has 1 unspecified atom stereocenters. The molecule has 0 aliphatic carbocycles. The molecule has 0 fully saturated rings. The summed E-state index contributed by atoms with van der Waals surface area (Å²) in [4.78, 5) is 7.63. The molecule has 1 aromatic rings. The molecule has 0 bridgehead atoms. The molecule has 0 aliphatic heterocycles. The van der Waals surface area contributed by atoms with Crippen LogP contribution >= 0.6 is 11.3 Å². The van der Waals surface area contributed by atoms with Gasteiger partial charge < -0.3 is 10.0 Å². The van der Waals surface area contributed by atoms with Crippen LogP contribution in [0.4, 0.5) is 5.13 Å². The molecule has 92 valence electrons. The standard InChI is InChI=1S/C12H22N2OS/c1-8-10(9(2)15)16-11(13-8)14(6)7-12(3,4)5/h9,15H,7H2,1-6H3. The van der Waals surface area contributed by atoms with Gasteiger partial charge in [-0.05, 0) is 19.3 Å². The minimum absolute atomic E-state index is 0.249. The Kier molecular flexibility index (Phi) is 3.97. The summed E-state index contributed by atoms with van der Waals surface area (Å²) < 4.78 is 0. The largest absolute Gasteiger partial charge is 0.388 e. The summed E-state index contributed by atoms with van der Waals surface area (Å²) in [7, 11) is 2.05. The summed E-state index contributed by atoms with van der Waals surface area (Å²) in [5, 5.41) is 10.6. The van der Waals surface area contributed by atoms with Crippen LogP contribution in [-0.2, 0) is 0 Å². The van der Waals surface area contributed by atoms with Gasteiger partial charge >= 0.3 is 0 Å². The second-order valence-corrected chi connectivity index (χ2v) is 6.55. The third-order valence-corrected chi connectivity index (χ3v) is 3.68. The zero-order valence-corrected chi connectivity index (χ0v) is 11.9. The molecule has 1 atom stereocenters. The van der Waals surface area contributed by atoms with Crippen LogP contribution in [0.3, 0.4) is 0 Å². The minimum Gasteiger partial charge on any atom is -0.388 e. The molecule has 1 rings (SSSR count). The number of aryl methyl sites for hydroxylation is 1. The molecule has 0 spiro atoms. The number of aromatic nitrogens is 1. The predicted octanol–water partition coefficient (Wildman–Crippen LogP) is 2.99. The minimum atomic E-state index is -0.422. The maximum Gasteiger partial charge on any atom is 0.185 e. The second kappa shape index (κ2) is 4.72.